The van der Waals surface area contributed by atoms with Crippen LogP contribution in [0.25, 0.3) is 0 Å². The SMILES string of the molecule is COc1cccc(CNCCC(N)=O)c1O. The summed E-state index contributed by atoms with van der Waals surface area (Å²) in [6, 6.07) is 5.26. The van der Waals surface area contributed by atoms with Crippen molar-refractivity contribution in [3.05, 3.63) is 23.8 Å². The number of primary amides is 1. The second-order valence-corrected chi connectivity index (χ2v) is 3.36. The predicted octanol–water partition coefficient (Wildman–Crippen LogP) is 0.366. The molecule has 88 valence electrons. The molecular formula is C11H16N2O3. The average molecular weight is 224 g/mol. The quantitative estimate of drug-likeness (QED) is 0.609. The van der Waals surface area contributed by atoms with Crippen molar-refractivity contribution in [1.82, 2.24) is 5.32 Å². The van der Waals surface area contributed by atoms with Crippen LogP contribution in [-0.2, 0) is 11.3 Å². The fraction of sp³-hybridized carbons (Fsp3) is 0.364. The van der Waals surface area contributed by atoms with Gasteiger partial charge in [0.1, 0.15) is 0 Å². The molecule has 16 heavy (non-hydrogen) atoms. The van der Waals surface area contributed by atoms with Crippen LogP contribution in [0, 0.1) is 0 Å². The highest BCUT2D eigenvalue weighted by Crippen LogP contribution is 2.28. The molecule has 0 fully saturated rings. The molecule has 0 radical (unpaired) electrons. The summed E-state index contributed by atoms with van der Waals surface area (Å²) in [6.45, 7) is 0.961. The van der Waals surface area contributed by atoms with E-state index in [-0.39, 0.29) is 18.1 Å². The second kappa shape index (κ2) is 5.97. The number of para-hydroxylation sites is 1. The van der Waals surface area contributed by atoms with Crippen LogP contribution in [0.3, 0.4) is 0 Å². The Balaban J connectivity index is 2.50. The molecule has 0 heterocycles. The molecular weight excluding hydrogens is 208 g/mol. The molecule has 0 aliphatic heterocycles. The Hall–Kier alpha value is -1.75. The molecule has 0 aliphatic rings. The van der Waals surface area contributed by atoms with Crippen molar-refractivity contribution in [2.75, 3.05) is 13.7 Å². The fourth-order valence-corrected chi connectivity index (χ4v) is 1.31. The summed E-state index contributed by atoms with van der Waals surface area (Å²) in [4.78, 5) is 10.5. The number of nitrogens with one attached hydrogen (secondary N) is 1. The van der Waals surface area contributed by atoms with Crippen molar-refractivity contribution in [1.29, 1.82) is 0 Å². The zero-order chi connectivity index (χ0) is 12.0. The minimum atomic E-state index is -0.345. The summed E-state index contributed by atoms with van der Waals surface area (Å²) in [7, 11) is 1.50. The van der Waals surface area contributed by atoms with Crippen molar-refractivity contribution in [2.45, 2.75) is 13.0 Å². The summed E-state index contributed by atoms with van der Waals surface area (Å²) < 4.78 is 4.98. The third-order valence-corrected chi connectivity index (χ3v) is 2.17. The number of hydrogen-bond donors (Lipinski definition) is 3. The monoisotopic (exact) mass is 224 g/mol. The third kappa shape index (κ3) is 3.43. The summed E-state index contributed by atoms with van der Waals surface area (Å²) in [6.07, 6.45) is 0.282. The van der Waals surface area contributed by atoms with E-state index in [1.165, 1.54) is 7.11 Å². The molecule has 0 aromatic heterocycles. The van der Waals surface area contributed by atoms with Gasteiger partial charge in [-0.05, 0) is 6.07 Å². The molecule has 0 unspecified atom stereocenters. The number of phenolic OH excluding ortho intramolecular Hbond substituents is 1. The topological polar surface area (TPSA) is 84.6 Å². The van der Waals surface area contributed by atoms with Crippen molar-refractivity contribution in [2.24, 2.45) is 5.73 Å². The van der Waals surface area contributed by atoms with Gasteiger partial charge in [-0.3, -0.25) is 4.79 Å². The zero-order valence-corrected chi connectivity index (χ0v) is 9.19. The zero-order valence-electron chi connectivity index (χ0n) is 9.19. The lowest BCUT2D eigenvalue weighted by atomic mass is 10.2. The van der Waals surface area contributed by atoms with Crippen molar-refractivity contribution >= 4 is 5.91 Å². The number of methoxy groups -OCH3 is 1. The highest BCUT2D eigenvalue weighted by molar-refractivity contribution is 5.73. The van der Waals surface area contributed by atoms with Gasteiger partial charge in [0.2, 0.25) is 5.91 Å². The number of carbonyl (C=O) groups excluding carboxylic acids is 1. The maximum absolute atomic E-state index is 10.5. The van der Waals surface area contributed by atoms with Gasteiger partial charge >= 0.3 is 0 Å². The van der Waals surface area contributed by atoms with Crippen LogP contribution in [0.2, 0.25) is 0 Å². The standard InChI is InChI=1S/C11H16N2O3/c1-16-9-4-2-3-8(11(9)15)7-13-6-5-10(12)14/h2-4,13,15H,5-7H2,1H3,(H2,12,14). The molecule has 4 N–H and O–H groups in total. The van der Waals surface area contributed by atoms with E-state index in [0.29, 0.717) is 18.8 Å². The van der Waals surface area contributed by atoms with Gasteiger partial charge in [0, 0.05) is 25.1 Å². The summed E-state index contributed by atoms with van der Waals surface area (Å²) in [5, 5.41) is 12.7. The Bertz CT molecular complexity index is 366. The second-order valence-electron chi connectivity index (χ2n) is 3.36. The Kier molecular flexibility index (Phi) is 4.60. The molecule has 0 aliphatic carbocycles. The van der Waals surface area contributed by atoms with Gasteiger partial charge in [0.15, 0.2) is 11.5 Å². The van der Waals surface area contributed by atoms with E-state index in [1.807, 2.05) is 0 Å². The van der Waals surface area contributed by atoms with Crippen molar-refractivity contribution in [3.8, 4) is 11.5 Å². The molecule has 5 nitrogen and oxygen atoms in total. The van der Waals surface area contributed by atoms with Crippen LogP contribution in [0.4, 0.5) is 0 Å². The maximum Gasteiger partial charge on any atom is 0.218 e. The highest BCUT2D eigenvalue weighted by Gasteiger charge is 2.06. The Labute approximate surface area is 94.2 Å². The first-order valence-electron chi connectivity index (χ1n) is 4.99. The third-order valence-electron chi connectivity index (χ3n) is 2.17. The van der Waals surface area contributed by atoms with E-state index in [1.54, 1.807) is 18.2 Å². The normalized spacial score (nSPS) is 10.1. The molecule has 0 saturated heterocycles. The van der Waals surface area contributed by atoms with E-state index in [0.717, 1.165) is 5.56 Å². The Morgan fingerprint density at radius 2 is 2.31 bits per heavy atom. The van der Waals surface area contributed by atoms with E-state index in [9.17, 15) is 9.90 Å². The van der Waals surface area contributed by atoms with E-state index in [2.05, 4.69) is 5.32 Å². The smallest absolute Gasteiger partial charge is 0.218 e. The first kappa shape index (κ1) is 12.3. The number of benzene rings is 1. The van der Waals surface area contributed by atoms with Crippen LogP contribution >= 0.6 is 0 Å². The predicted molar refractivity (Wildman–Crippen MR) is 60.2 cm³/mol. The molecule has 1 aromatic carbocycles. The van der Waals surface area contributed by atoms with Gasteiger partial charge in [-0.15, -0.1) is 0 Å². The number of carbonyl (C=O) groups is 1. The lowest BCUT2D eigenvalue weighted by Crippen LogP contribution is -2.21. The van der Waals surface area contributed by atoms with E-state index >= 15 is 0 Å². The molecule has 1 amide bonds. The number of phenols is 1. The van der Waals surface area contributed by atoms with Gasteiger partial charge in [-0.1, -0.05) is 12.1 Å². The first-order valence-corrected chi connectivity index (χ1v) is 4.99. The Morgan fingerprint density at radius 3 is 2.94 bits per heavy atom. The molecule has 0 atom stereocenters. The van der Waals surface area contributed by atoms with Crippen molar-refractivity contribution < 1.29 is 14.6 Å². The van der Waals surface area contributed by atoms with Crippen LogP contribution in [0.5, 0.6) is 11.5 Å². The van der Waals surface area contributed by atoms with Crippen molar-refractivity contribution in [3.63, 3.8) is 0 Å². The fourth-order valence-electron chi connectivity index (χ4n) is 1.31. The number of hydrogen-bond acceptors (Lipinski definition) is 4. The van der Waals surface area contributed by atoms with Gasteiger partial charge < -0.3 is 20.9 Å². The molecule has 0 saturated carbocycles. The lowest BCUT2D eigenvalue weighted by Gasteiger charge is -2.09. The van der Waals surface area contributed by atoms with Gasteiger partial charge in [0.05, 0.1) is 7.11 Å². The van der Waals surface area contributed by atoms with E-state index < -0.39 is 0 Å². The average Bonchev–Trinajstić information content (AvgIpc) is 2.26. The molecule has 0 bridgehead atoms. The highest BCUT2D eigenvalue weighted by atomic mass is 16.5. The largest absolute Gasteiger partial charge is 0.504 e. The van der Waals surface area contributed by atoms with Crippen LogP contribution in [-0.4, -0.2) is 24.7 Å². The van der Waals surface area contributed by atoms with Gasteiger partial charge in [-0.2, -0.15) is 0 Å². The van der Waals surface area contributed by atoms with Gasteiger partial charge in [0.25, 0.3) is 0 Å². The molecule has 1 aromatic rings. The van der Waals surface area contributed by atoms with Crippen LogP contribution in [0.15, 0.2) is 18.2 Å². The number of aromatic hydroxyl groups is 1. The van der Waals surface area contributed by atoms with Gasteiger partial charge in [-0.25, -0.2) is 0 Å². The minimum absolute atomic E-state index is 0.122. The minimum Gasteiger partial charge on any atom is -0.504 e. The lowest BCUT2D eigenvalue weighted by molar-refractivity contribution is -0.117. The number of nitrogens with two attached hydrogens (primary N) is 1. The summed E-state index contributed by atoms with van der Waals surface area (Å²) in [5.74, 6) is 0.216. The molecule has 0 spiro atoms. The number of rotatable bonds is 6. The first-order chi connectivity index (χ1) is 7.65. The van der Waals surface area contributed by atoms with Crippen LogP contribution in [0.1, 0.15) is 12.0 Å². The summed E-state index contributed by atoms with van der Waals surface area (Å²) in [5.41, 5.74) is 5.72. The number of ether oxygens (including phenoxy) is 1. The van der Waals surface area contributed by atoms with E-state index in [4.69, 9.17) is 10.5 Å². The Morgan fingerprint density at radius 1 is 1.56 bits per heavy atom. The van der Waals surface area contributed by atoms with Crippen LogP contribution < -0.4 is 15.8 Å². The molecule has 1 rings (SSSR count). The summed E-state index contributed by atoms with van der Waals surface area (Å²) >= 11 is 0. The maximum atomic E-state index is 10.5. The number of amides is 1. The molecule has 5 heteroatoms.